The van der Waals surface area contributed by atoms with E-state index in [1.165, 1.54) is 19.3 Å². The lowest BCUT2D eigenvalue weighted by molar-refractivity contribution is -0.305. The van der Waals surface area contributed by atoms with Gasteiger partial charge in [-0.05, 0) is 38.8 Å². The molecule has 0 bridgehead atoms. The maximum Gasteiger partial charge on any atom is 0.306 e. The molecule has 0 aromatic rings. The van der Waals surface area contributed by atoms with Crippen LogP contribution < -0.4 is 11.5 Å². The lowest BCUT2D eigenvalue weighted by atomic mass is 9.99. The zero-order valence-electron chi connectivity index (χ0n) is 26.1. The molecule has 0 saturated carbocycles. The summed E-state index contributed by atoms with van der Waals surface area (Å²) in [6, 6.07) is 0. The quantitative estimate of drug-likeness (QED) is 0.0578. The van der Waals surface area contributed by atoms with Crippen molar-refractivity contribution in [1.82, 2.24) is 0 Å². The van der Waals surface area contributed by atoms with Crippen LogP contribution in [-0.2, 0) is 28.5 Å². The zero-order chi connectivity index (χ0) is 31.7. The Morgan fingerprint density at radius 1 is 0.628 bits per heavy atom. The highest BCUT2D eigenvalue weighted by Gasteiger charge is 2.44. The first-order valence-electron chi connectivity index (χ1n) is 16.5. The zero-order valence-corrected chi connectivity index (χ0v) is 26.1. The van der Waals surface area contributed by atoms with E-state index >= 15 is 0 Å². The van der Waals surface area contributed by atoms with Gasteiger partial charge in [0.25, 0.3) is 0 Å². The first-order valence-corrected chi connectivity index (χ1v) is 16.5. The molecule has 254 valence electrons. The Hall–Kier alpha value is -1.38. The Kier molecular flexibility index (Phi) is 23.9. The van der Waals surface area contributed by atoms with E-state index in [9.17, 15) is 30.0 Å². The van der Waals surface area contributed by atoms with Gasteiger partial charge in [-0.3, -0.25) is 9.59 Å². The number of hydrogen-bond acceptors (Lipinski definition) is 12. The van der Waals surface area contributed by atoms with Crippen molar-refractivity contribution < 1.29 is 49.0 Å². The van der Waals surface area contributed by atoms with Crippen LogP contribution >= 0.6 is 0 Å². The number of aliphatic hydroxyl groups is 4. The van der Waals surface area contributed by atoms with Crippen molar-refractivity contribution in [1.29, 1.82) is 0 Å². The third-order valence-corrected chi connectivity index (χ3v) is 7.69. The Morgan fingerprint density at radius 3 is 1.58 bits per heavy atom. The van der Waals surface area contributed by atoms with Crippen LogP contribution in [0.3, 0.4) is 0 Å². The van der Waals surface area contributed by atoms with Crippen molar-refractivity contribution in [3.05, 3.63) is 0 Å². The molecule has 6 atom stereocenters. The average molecular weight is 621 g/mol. The van der Waals surface area contributed by atoms with Crippen molar-refractivity contribution >= 4 is 11.9 Å². The molecule has 1 rings (SSSR count). The maximum absolute atomic E-state index is 12.5. The number of ether oxygens (including phenoxy) is 4. The number of carbonyl (C=O) groups is 2. The third-order valence-electron chi connectivity index (χ3n) is 7.69. The number of nitrogens with two attached hydrogens (primary N) is 2. The molecule has 0 aromatic carbocycles. The van der Waals surface area contributed by atoms with Crippen molar-refractivity contribution in [2.24, 2.45) is 11.5 Å². The van der Waals surface area contributed by atoms with Gasteiger partial charge in [-0.25, -0.2) is 0 Å². The van der Waals surface area contributed by atoms with Gasteiger partial charge in [0, 0.05) is 12.8 Å². The highest BCUT2D eigenvalue weighted by molar-refractivity contribution is 5.70. The highest BCUT2D eigenvalue weighted by atomic mass is 16.7. The molecule has 0 aliphatic carbocycles. The van der Waals surface area contributed by atoms with Crippen LogP contribution in [0.5, 0.6) is 0 Å². The normalized spacial score (nSPS) is 22.8. The van der Waals surface area contributed by atoms with Gasteiger partial charge in [0.2, 0.25) is 0 Å². The van der Waals surface area contributed by atoms with Gasteiger partial charge >= 0.3 is 11.9 Å². The van der Waals surface area contributed by atoms with Gasteiger partial charge in [-0.15, -0.1) is 0 Å². The predicted molar refractivity (Wildman–Crippen MR) is 162 cm³/mol. The lowest BCUT2D eigenvalue weighted by Crippen LogP contribution is -2.59. The van der Waals surface area contributed by atoms with Crippen LogP contribution in [0.1, 0.15) is 116 Å². The highest BCUT2D eigenvalue weighted by Crippen LogP contribution is 2.22. The summed E-state index contributed by atoms with van der Waals surface area (Å²) < 4.78 is 21.8. The number of carbonyl (C=O) groups excluding carboxylic acids is 2. The molecule has 1 aliphatic rings. The van der Waals surface area contributed by atoms with Crippen LogP contribution in [0.15, 0.2) is 0 Å². The van der Waals surface area contributed by atoms with E-state index < -0.39 is 55.4 Å². The molecule has 1 fully saturated rings. The third kappa shape index (κ3) is 18.9. The standard InChI is InChI=1S/C31H60N2O10/c32-19-15-11-7-3-1-5-9-13-17-26(35)40-22-24(23-41-31-30(39)29(38)28(37)25(21-34)43-31)42-27(36)18-14-10-6-2-4-8-12-16-20-33/h24-25,28-31,34,37-39H,1-23,32-33H2/t24?,25-,28-,29+,30-,31-/m1/s1. The Bertz CT molecular complexity index is 699. The molecule has 0 spiro atoms. The van der Waals surface area contributed by atoms with Crippen molar-refractivity contribution in [3.63, 3.8) is 0 Å². The van der Waals surface area contributed by atoms with Gasteiger partial charge in [0.05, 0.1) is 13.2 Å². The summed E-state index contributed by atoms with van der Waals surface area (Å²) in [4.78, 5) is 24.9. The van der Waals surface area contributed by atoms with Crippen LogP contribution in [-0.4, -0.2) is 102 Å². The molecule has 0 aromatic heterocycles. The van der Waals surface area contributed by atoms with Gasteiger partial charge < -0.3 is 50.8 Å². The maximum atomic E-state index is 12.5. The van der Waals surface area contributed by atoms with Gasteiger partial charge in [0.15, 0.2) is 12.4 Å². The van der Waals surface area contributed by atoms with Crippen LogP contribution in [0, 0.1) is 0 Å². The molecule has 1 saturated heterocycles. The fourth-order valence-corrected chi connectivity index (χ4v) is 4.97. The minimum Gasteiger partial charge on any atom is -0.462 e. The van der Waals surface area contributed by atoms with E-state index in [4.69, 9.17) is 30.4 Å². The second-order valence-electron chi connectivity index (χ2n) is 11.6. The lowest BCUT2D eigenvalue weighted by Gasteiger charge is -2.39. The van der Waals surface area contributed by atoms with E-state index in [1.807, 2.05) is 0 Å². The first kappa shape index (κ1) is 39.6. The molecule has 8 N–H and O–H groups in total. The number of unbranched alkanes of at least 4 members (excludes halogenated alkanes) is 14. The predicted octanol–water partition coefficient (Wildman–Crippen LogP) is 2.20. The Labute approximate surface area is 257 Å². The molecule has 1 aliphatic heterocycles. The van der Waals surface area contributed by atoms with Gasteiger partial charge in [0.1, 0.15) is 31.0 Å². The first-order chi connectivity index (χ1) is 20.8. The number of esters is 2. The molecule has 0 amide bonds. The van der Waals surface area contributed by atoms with Crippen molar-refractivity contribution in [2.45, 2.75) is 152 Å². The molecule has 0 radical (unpaired) electrons. The fourth-order valence-electron chi connectivity index (χ4n) is 4.97. The summed E-state index contributed by atoms with van der Waals surface area (Å²) in [5.74, 6) is -0.851. The van der Waals surface area contributed by atoms with E-state index in [-0.39, 0.29) is 26.1 Å². The molecule has 43 heavy (non-hydrogen) atoms. The summed E-state index contributed by atoms with van der Waals surface area (Å²) >= 11 is 0. The van der Waals surface area contributed by atoms with Crippen molar-refractivity contribution in [3.8, 4) is 0 Å². The summed E-state index contributed by atoms with van der Waals surface area (Å²) in [6.45, 7) is 0.356. The van der Waals surface area contributed by atoms with Crippen LogP contribution in [0.4, 0.5) is 0 Å². The minimum atomic E-state index is -1.60. The fraction of sp³-hybridized carbons (Fsp3) is 0.935. The Morgan fingerprint density at radius 2 is 1.09 bits per heavy atom. The smallest absolute Gasteiger partial charge is 0.306 e. The number of hydrogen-bond donors (Lipinski definition) is 6. The summed E-state index contributed by atoms with van der Waals surface area (Å²) in [5, 5.41) is 39.6. The van der Waals surface area contributed by atoms with Crippen LogP contribution in [0.2, 0.25) is 0 Å². The average Bonchev–Trinajstić information content (AvgIpc) is 3.00. The largest absolute Gasteiger partial charge is 0.462 e. The monoisotopic (exact) mass is 620 g/mol. The minimum absolute atomic E-state index is 0.212. The number of rotatable bonds is 27. The second-order valence-corrected chi connectivity index (χ2v) is 11.6. The second kappa shape index (κ2) is 25.9. The molecule has 12 heteroatoms. The molecule has 12 nitrogen and oxygen atoms in total. The van der Waals surface area contributed by atoms with Crippen molar-refractivity contribution in [2.75, 3.05) is 32.9 Å². The summed E-state index contributed by atoms with van der Waals surface area (Å²) in [7, 11) is 0. The Balaban J connectivity index is 2.46. The van der Waals surface area contributed by atoms with E-state index in [0.29, 0.717) is 12.8 Å². The number of aliphatic hydroxyl groups excluding tert-OH is 4. The summed E-state index contributed by atoms with van der Waals surface area (Å²) in [5.41, 5.74) is 11.0. The SMILES string of the molecule is NCCCCCCCCCCC(=O)OCC(CO[C@@H]1O[C@H](CO)[C@@H](O)[C@H](O)[C@H]1O)OC(=O)CCCCCCCCCCN. The van der Waals surface area contributed by atoms with E-state index in [2.05, 4.69) is 0 Å². The van der Waals surface area contributed by atoms with Gasteiger partial charge in [-0.2, -0.15) is 0 Å². The van der Waals surface area contributed by atoms with Gasteiger partial charge in [-0.1, -0.05) is 77.0 Å². The van der Waals surface area contributed by atoms with E-state index in [0.717, 1.165) is 83.7 Å². The molecular weight excluding hydrogens is 560 g/mol. The summed E-state index contributed by atoms with van der Waals surface area (Å²) in [6.07, 6.45) is 8.93. The molecule has 1 unspecified atom stereocenters. The van der Waals surface area contributed by atoms with Crippen LogP contribution in [0.25, 0.3) is 0 Å². The molecule has 1 heterocycles. The topological polar surface area (TPSA) is 204 Å². The molecular formula is C31H60N2O10. The van der Waals surface area contributed by atoms with E-state index in [1.54, 1.807) is 0 Å².